The molecular weight excluding hydrogens is 288 g/mol. The van der Waals surface area contributed by atoms with Gasteiger partial charge in [-0.3, -0.25) is 10.1 Å². The summed E-state index contributed by atoms with van der Waals surface area (Å²) >= 11 is 1.69. The lowest BCUT2D eigenvalue weighted by Gasteiger charge is -2.17. The molecule has 2 heterocycles. The van der Waals surface area contributed by atoms with Gasteiger partial charge in [-0.1, -0.05) is 6.07 Å². The van der Waals surface area contributed by atoms with Crippen molar-refractivity contribution in [3.63, 3.8) is 0 Å². The second-order valence-electron chi connectivity index (χ2n) is 5.41. The summed E-state index contributed by atoms with van der Waals surface area (Å²) in [5.74, 6) is 0.497. The zero-order chi connectivity index (χ0) is 15.6. The monoisotopic (exact) mass is 308 g/mol. The van der Waals surface area contributed by atoms with E-state index in [4.69, 9.17) is 0 Å². The summed E-state index contributed by atoms with van der Waals surface area (Å²) < 4.78 is 1.69. The number of thiophene rings is 1. The van der Waals surface area contributed by atoms with Crippen molar-refractivity contribution in [2.75, 3.05) is 5.32 Å². The Balaban J connectivity index is 2.26. The van der Waals surface area contributed by atoms with Crippen LogP contribution >= 0.6 is 11.3 Å². The molecule has 7 heteroatoms. The van der Waals surface area contributed by atoms with Gasteiger partial charge in [-0.2, -0.15) is 5.10 Å². The Labute approximate surface area is 127 Å². The molecule has 0 aliphatic heterocycles. The van der Waals surface area contributed by atoms with Gasteiger partial charge >= 0.3 is 5.69 Å². The number of nitro groups is 1. The van der Waals surface area contributed by atoms with Gasteiger partial charge in [0.1, 0.15) is 5.69 Å². The van der Waals surface area contributed by atoms with Crippen LogP contribution in [0.1, 0.15) is 37.4 Å². The number of aryl methyl sites for hydroxylation is 1. The molecule has 114 valence electrons. The number of hydrogen-bond acceptors (Lipinski definition) is 5. The third kappa shape index (κ3) is 3.41. The Morgan fingerprint density at radius 1 is 1.48 bits per heavy atom. The average Bonchev–Trinajstić information content (AvgIpc) is 2.97. The topological polar surface area (TPSA) is 73.0 Å². The van der Waals surface area contributed by atoms with E-state index in [0.29, 0.717) is 11.5 Å². The maximum Gasteiger partial charge on any atom is 0.333 e. The lowest BCUT2D eigenvalue weighted by Crippen LogP contribution is -2.21. The minimum Gasteiger partial charge on any atom is -0.362 e. The number of hydrogen-bond donors (Lipinski definition) is 1. The van der Waals surface area contributed by atoms with Gasteiger partial charge in [-0.05, 0) is 39.1 Å². The highest BCUT2D eigenvalue weighted by molar-refractivity contribution is 7.09. The number of nitrogens with zero attached hydrogens (tertiary/aromatic N) is 3. The lowest BCUT2D eigenvalue weighted by atomic mass is 10.2. The van der Waals surface area contributed by atoms with Gasteiger partial charge < -0.3 is 5.32 Å². The molecule has 1 N–H and O–H groups in total. The van der Waals surface area contributed by atoms with Crippen molar-refractivity contribution in [3.8, 4) is 0 Å². The first-order valence-electron chi connectivity index (χ1n) is 6.92. The predicted molar refractivity (Wildman–Crippen MR) is 85.1 cm³/mol. The molecule has 1 atom stereocenters. The van der Waals surface area contributed by atoms with Gasteiger partial charge in [-0.15, -0.1) is 11.3 Å². The Morgan fingerprint density at radius 2 is 2.19 bits per heavy atom. The van der Waals surface area contributed by atoms with E-state index in [-0.39, 0.29) is 22.7 Å². The van der Waals surface area contributed by atoms with Gasteiger partial charge in [0.05, 0.1) is 4.92 Å². The molecule has 2 rings (SSSR count). The Morgan fingerprint density at radius 3 is 2.71 bits per heavy atom. The van der Waals surface area contributed by atoms with E-state index < -0.39 is 0 Å². The van der Waals surface area contributed by atoms with E-state index in [2.05, 4.69) is 16.5 Å². The summed E-state index contributed by atoms with van der Waals surface area (Å²) in [6.45, 7) is 7.62. The van der Waals surface area contributed by atoms with Crippen molar-refractivity contribution in [2.24, 2.45) is 0 Å². The van der Waals surface area contributed by atoms with E-state index >= 15 is 0 Å². The number of rotatable bonds is 6. The summed E-state index contributed by atoms with van der Waals surface area (Å²) in [5, 5.41) is 20.9. The molecule has 0 aliphatic carbocycles. The molecule has 6 nitrogen and oxygen atoms in total. The Kier molecular flexibility index (Phi) is 4.62. The normalized spacial score (nSPS) is 12.6. The Bertz CT molecular complexity index is 619. The van der Waals surface area contributed by atoms with E-state index in [0.717, 1.165) is 6.42 Å². The third-order valence-electron chi connectivity index (χ3n) is 3.20. The smallest absolute Gasteiger partial charge is 0.333 e. The highest BCUT2D eigenvalue weighted by Crippen LogP contribution is 2.31. The molecule has 21 heavy (non-hydrogen) atoms. The average molecular weight is 308 g/mol. The molecule has 0 fully saturated rings. The van der Waals surface area contributed by atoms with Crippen LogP contribution in [0.25, 0.3) is 0 Å². The summed E-state index contributed by atoms with van der Waals surface area (Å²) in [5.41, 5.74) is 0.515. The zero-order valence-electron chi connectivity index (χ0n) is 12.7. The zero-order valence-corrected chi connectivity index (χ0v) is 13.5. The molecule has 0 radical (unpaired) electrons. The number of anilines is 1. The summed E-state index contributed by atoms with van der Waals surface area (Å²) in [6, 6.07) is 4.24. The molecule has 0 bridgehead atoms. The first-order chi connectivity index (χ1) is 9.90. The van der Waals surface area contributed by atoms with Crippen LogP contribution in [0.5, 0.6) is 0 Å². The second kappa shape index (κ2) is 6.26. The lowest BCUT2D eigenvalue weighted by molar-refractivity contribution is -0.384. The number of nitrogens with one attached hydrogen (secondary N) is 1. The molecule has 0 amide bonds. The minimum absolute atomic E-state index is 0.0637. The Hall–Kier alpha value is -1.89. The fourth-order valence-corrected chi connectivity index (χ4v) is 3.12. The molecule has 0 spiro atoms. The minimum atomic E-state index is -0.360. The van der Waals surface area contributed by atoms with E-state index in [1.165, 1.54) is 4.88 Å². The quantitative estimate of drug-likeness (QED) is 0.651. The van der Waals surface area contributed by atoms with E-state index in [1.54, 1.807) is 22.9 Å². The summed E-state index contributed by atoms with van der Waals surface area (Å²) in [7, 11) is 0. The van der Waals surface area contributed by atoms with E-state index in [9.17, 15) is 10.1 Å². The first kappa shape index (κ1) is 15.5. The number of aromatic nitrogens is 2. The van der Waals surface area contributed by atoms with Crippen LogP contribution in [0, 0.1) is 17.0 Å². The highest BCUT2D eigenvalue weighted by atomic mass is 32.1. The van der Waals surface area contributed by atoms with Crippen molar-refractivity contribution in [1.82, 2.24) is 9.78 Å². The third-order valence-corrected chi connectivity index (χ3v) is 4.09. The SMILES string of the molecule is Cc1nn(C(C)C)c(NC(C)Cc2cccs2)c1[N+](=O)[O-]. The maximum atomic E-state index is 11.3. The molecule has 0 aromatic carbocycles. The first-order valence-corrected chi connectivity index (χ1v) is 7.80. The standard InChI is InChI=1S/C14H20N4O2S/c1-9(2)17-14(13(18(19)20)11(4)16-17)15-10(3)8-12-6-5-7-21-12/h5-7,9-10,15H,8H2,1-4H3. The molecule has 0 saturated carbocycles. The second-order valence-corrected chi connectivity index (χ2v) is 6.44. The van der Waals surface area contributed by atoms with Crippen molar-refractivity contribution in [1.29, 1.82) is 0 Å². The van der Waals surface area contributed by atoms with Crippen molar-refractivity contribution >= 4 is 22.8 Å². The van der Waals surface area contributed by atoms with Crippen LogP contribution in [-0.2, 0) is 6.42 Å². The van der Waals surface area contributed by atoms with Crippen molar-refractivity contribution in [3.05, 3.63) is 38.2 Å². The fraction of sp³-hybridized carbons (Fsp3) is 0.500. The predicted octanol–water partition coefficient (Wildman–Crippen LogP) is 3.79. The van der Waals surface area contributed by atoms with Gasteiger partial charge in [0.15, 0.2) is 0 Å². The summed E-state index contributed by atoms with van der Waals surface area (Å²) in [4.78, 5) is 12.2. The maximum absolute atomic E-state index is 11.3. The van der Waals surface area contributed by atoms with Crippen LogP contribution < -0.4 is 5.32 Å². The van der Waals surface area contributed by atoms with Crippen LogP contribution in [0.3, 0.4) is 0 Å². The molecule has 0 saturated heterocycles. The van der Waals surface area contributed by atoms with Crippen LogP contribution in [0.4, 0.5) is 11.5 Å². The van der Waals surface area contributed by atoms with Gasteiger partial charge in [0, 0.05) is 23.4 Å². The van der Waals surface area contributed by atoms with Crippen LogP contribution in [0.2, 0.25) is 0 Å². The van der Waals surface area contributed by atoms with E-state index in [1.807, 2.05) is 32.2 Å². The van der Waals surface area contributed by atoms with Crippen molar-refractivity contribution < 1.29 is 4.92 Å². The van der Waals surface area contributed by atoms with Gasteiger partial charge in [-0.25, -0.2) is 4.68 Å². The fourth-order valence-electron chi connectivity index (χ4n) is 2.28. The molecular formula is C14H20N4O2S. The molecule has 2 aromatic rings. The largest absolute Gasteiger partial charge is 0.362 e. The summed E-state index contributed by atoms with van der Waals surface area (Å²) in [6.07, 6.45) is 0.830. The molecule has 2 aromatic heterocycles. The van der Waals surface area contributed by atoms with Crippen LogP contribution in [0.15, 0.2) is 17.5 Å². The highest BCUT2D eigenvalue weighted by Gasteiger charge is 2.27. The van der Waals surface area contributed by atoms with Crippen molar-refractivity contribution in [2.45, 2.75) is 46.2 Å². The molecule has 0 aliphatic rings. The molecule has 1 unspecified atom stereocenters. The van der Waals surface area contributed by atoms with Crippen LogP contribution in [-0.4, -0.2) is 20.7 Å². The van der Waals surface area contributed by atoms with Gasteiger partial charge in [0.25, 0.3) is 0 Å². The van der Waals surface area contributed by atoms with Gasteiger partial charge in [0.2, 0.25) is 5.82 Å².